The minimum Gasteiger partial charge on any atom is -0.480 e. The summed E-state index contributed by atoms with van der Waals surface area (Å²) < 4.78 is 13.1. The molecule has 20 heavy (non-hydrogen) atoms. The van der Waals surface area contributed by atoms with Crippen molar-refractivity contribution in [1.29, 1.82) is 0 Å². The first-order valence-electron chi connectivity index (χ1n) is 6.50. The van der Waals surface area contributed by atoms with Crippen LogP contribution in [0.3, 0.4) is 0 Å². The van der Waals surface area contributed by atoms with Crippen LogP contribution in [-0.2, 0) is 4.79 Å². The number of amides is 2. The van der Waals surface area contributed by atoms with E-state index in [1.807, 2.05) is 0 Å². The standard InChI is InChI=1S/C14H17FN2O3/c1-9(10-4-2-5-11(15)8-10)16-13(20)17-14(12(18)19)6-3-7-14/h2,4-5,8-9H,3,6-7H2,1H3,(H,18,19)(H2,16,17,20). The van der Waals surface area contributed by atoms with Crippen LogP contribution in [0.25, 0.3) is 0 Å². The fourth-order valence-corrected chi connectivity index (χ4v) is 2.23. The summed E-state index contributed by atoms with van der Waals surface area (Å²) in [7, 11) is 0. The lowest BCUT2D eigenvalue weighted by Crippen LogP contribution is -2.61. The summed E-state index contributed by atoms with van der Waals surface area (Å²) in [5.41, 5.74) is -0.524. The number of urea groups is 1. The van der Waals surface area contributed by atoms with Gasteiger partial charge in [-0.3, -0.25) is 0 Å². The van der Waals surface area contributed by atoms with E-state index in [2.05, 4.69) is 10.6 Å². The fraction of sp³-hybridized carbons (Fsp3) is 0.429. The molecule has 1 atom stereocenters. The largest absolute Gasteiger partial charge is 0.480 e. The Morgan fingerprint density at radius 3 is 2.60 bits per heavy atom. The highest BCUT2D eigenvalue weighted by atomic mass is 19.1. The summed E-state index contributed by atoms with van der Waals surface area (Å²) in [6.07, 6.45) is 1.65. The number of nitrogens with one attached hydrogen (secondary N) is 2. The van der Waals surface area contributed by atoms with E-state index >= 15 is 0 Å². The van der Waals surface area contributed by atoms with Gasteiger partial charge in [0.25, 0.3) is 0 Å². The number of hydrogen-bond donors (Lipinski definition) is 3. The Hall–Kier alpha value is -2.11. The van der Waals surface area contributed by atoms with Gasteiger partial charge in [0.1, 0.15) is 11.4 Å². The number of carbonyl (C=O) groups excluding carboxylic acids is 1. The molecule has 108 valence electrons. The van der Waals surface area contributed by atoms with Crippen molar-refractivity contribution in [3.63, 3.8) is 0 Å². The average molecular weight is 280 g/mol. The molecule has 0 radical (unpaired) electrons. The number of benzene rings is 1. The maximum Gasteiger partial charge on any atom is 0.329 e. The first-order valence-corrected chi connectivity index (χ1v) is 6.50. The quantitative estimate of drug-likeness (QED) is 0.791. The van der Waals surface area contributed by atoms with Gasteiger partial charge in [0, 0.05) is 0 Å². The molecular formula is C14H17FN2O3. The van der Waals surface area contributed by atoms with Crippen molar-refractivity contribution >= 4 is 12.0 Å². The van der Waals surface area contributed by atoms with Gasteiger partial charge in [-0.2, -0.15) is 0 Å². The molecule has 0 saturated heterocycles. The Morgan fingerprint density at radius 2 is 2.10 bits per heavy atom. The van der Waals surface area contributed by atoms with Gasteiger partial charge in [0.15, 0.2) is 0 Å². The zero-order valence-electron chi connectivity index (χ0n) is 11.1. The molecule has 1 aliphatic carbocycles. The predicted molar refractivity (Wildman–Crippen MR) is 70.7 cm³/mol. The third-order valence-electron chi connectivity index (χ3n) is 3.67. The maximum atomic E-state index is 13.1. The summed E-state index contributed by atoms with van der Waals surface area (Å²) in [5, 5.41) is 14.3. The van der Waals surface area contributed by atoms with Gasteiger partial charge in [-0.25, -0.2) is 14.0 Å². The number of aliphatic carboxylic acids is 1. The molecule has 1 unspecified atom stereocenters. The number of carboxylic acids is 1. The number of hydrogen-bond acceptors (Lipinski definition) is 2. The second kappa shape index (κ2) is 5.48. The second-order valence-electron chi connectivity index (χ2n) is 5.12. The molecule has 6 heteroatoms. The molecule has 1 aromatic carbocycles. The van der Waals surface area contributed by atoms with Gasteiger partial charge in [0.2, 0.25) is 0 Å². The number of carboxylic acid groups (broad SMARTS) is 1. The Balaban J connectivity index is 1.96. The van der Waals surface area contributed by atoms with E-state index in [1.54, 1.807) is 19.1 Å². The lowest BCUT2D eigenvalue weighted by molar-refractivity contribution is -0.148. The minimum atomic E-state index is -1.15. The Kier molecular flexibility index (Phi) is 3.92. The molecule has 5 nitrogen and oxygen atoms in total. The highest BCUT2D eigenvalue weighted by Gasteiger charge is 2.45. The van der Waals surface area contributed by atoms with Gasteiger partial charge in [-0.1, -0.05) is 12.1 Å². The molecule has 1 aliphatic rings. The van der Waals surface area contributed by atoms with Crippen molar-refractivity contribution in [2.24, 2.45) is 0 Å². The minimum absolute atomic E-state index is 0.377. The molecular weight excluding hydrogens is 263 g/mol. The summed E-state index contributed by atoms with van der Waals surface area (Å²) in [4.78, 5) is 23.0. The Morgan fingerprint density at radius 1 is 1.40 bits per heavy atom. The van der Waals surface area contributed by atoms with Crippen molar-refractivity contribution in [3.05, 3.63) is 35.6 Å². The topological polar surface area (TPSA) is 78.4 Å². The molecule has 3 N–H and O–H groups in total. The monoisotopic (exact) mass is 280 g/mol. The van der Waals surface area contributed by atoms with Gasteiger partial charge in [-0.15, -0.1) is 0 Å². The smallest absolute Gasteiger partial charge is 0.329 e. The van der Waals surface area contributed by atoms with Crippen LogP contribution in [0.5, 0.6) is 0 Å². The second-order valence-corrected chi connectivity index (χ2v) is 5.12. The number of rotatable bonds is 4. The number of halogens is 1. The third-order valence-corrected chi connectivity index (χ3v) is 3.67. The van der Waals surface area contributed by atoms with Crippen LogP contribution < -0.4 is 10.6 Å². The lowest BCUT2D eigenvalue weighted by atomic mass is 9.77. The zero-order chi connectivity index (χ0) is 14.8. The zero-order valence-corrected chi connectivity index (χ0v) is 11.1. The van der Waals surface area contributed by atoms with Crippen LogP contribution in [0.15, 0.2) is 24.3 Å². The first kappa shape index (κ1) is 14.3. The predicted octanol–water partition coefficient (Wildman–Crippen LogP) is 2.19. The van der Waals surface area contributed by atoms with Crippen LogP contribution >= 0.6 is 0 Å². The van der Waals surface area contributed by atoms with Crippen LogP contribution in [0.1, 0.15) is 37.8 Å². The molecule has 2 rings (SSSR count). The molecule has 0 aliphatic heterocycles. The van der Waals surface area contributed by atoms with Gasteiger partial charge >= 0.3 is 12.0 Å². The van der Waals surface area contributed by atoms with E-state index in [9.17, 15) is 14.0 Å². The van der Waals surface area contributed by atoms with E-state index in [0.717, 1.165) is 6.42 Å². The van der Waals surface area contributed by atoms with Gasteiger partial charge in [-0.05, 0) is 43.9 Å². The van der Waals surface area contributed by atoms with E-state index < -0.39 is 23.6 Å². The van der Waals surface area contributed by atoms with Crippen molar-refractivity contribution in [2.75, 3.05) is 0 Å². The molecule has 1 saturated carbocycles. The van der Waals surface area contributed by atoms with E-state index in [-0.39, 0.29) is 5.82 Å². The highest BCUT2D eigenvalue weighted by molar-refractivity contribution is 5.87. The van der Waals surface area contributed by atoms with Crippen LogP contribution in [-0.4, -0.2) is 22.6 Å². The molecule has 0 heterocycles. The normalized spacial score (nSPS) is 17.7. The summed E-state index contributed by atoms with van der Waals surface area (Å²) >= 11 is 0. The molecule has 0 bridgehead atoms. The van der Waals surface area contributed by atoms with Crippen LogP contribution in [0.4, 0.5) is 9.18 Å². The number of carbonyl (C=O) groups is 2. The van der Waals surface area contributed by atoms with E-state index in [1.165, 1.54) is 12.1 Å². The first-order chi connectivity index (χ1) is 9.43. The fourth-order valence-electron chi connectivity index (χ4n) is 2.23. The maximum absolute atomic E-state index is 13.1. The van der Waals surface area contributed by atoms with E-state index in [0.29, 0.717) is 18.4 Å². The average Bonchev–Trinajstić information content (AvgIpc) is 2.33. The lowest BCUT2D eigenvalue weighted by Gasteiger charge is -2.38. The van der Waals surface area contributed by atoms with Crippen molar-refractivity contribution in [3.8, 4) is 0 Å². The molecule has 0 spiro atoms. The van der Waals surface area contributed by atoms with Gasteiger partial charge in [0.05, 0.1) is 6.04 Å². The Labute approximate surface area is 116 Å². The van der Waals surface area contributed by atoms with Crippen molar-refractivity contribution in [1.82, 2.24) is 10.6 Å². The van der Waals surface area contributed by atoms with E-state index in [4.69, 9.17) is 5.11 Å². The summed E-state index contributed by atoms with van der Waals surface area (Å²) in [6, 6.07) is 4.96. The van der Waals surface area contributed by atoms with Crippen LogP contribution in [0, 0.1) is 5.82 Å². The molecule has 1 fully saturated rings. The Bertz CT molecular complexity index is 529. The molecule has 1 aromatic rings. The van der Waals surface area contributed by atoms with Crippen LogP contribution in [0.2, 0.25) is 0 Å². The van der Waals surface area contributed by atoms with Gasteiger partial charge < -0.3 is 15.7 Å². The highest BCUT2D eigenvalue weighted by Crippen LogP contribution is 2.32. The SMILES string of the molecule is CC(NC(=O)NC1(C(=O)O)CCC1)c1cccc(F)c1. The third kappa shape index (κ3) is 2.89. The molecule has 0 aromatic heterocycles. The summed E-state index contributed by atoms with van der Waals surface area (Å²) in [5.74, 6) is -1.39. The van der Waals surface area contributed by atoms with Crippen molar-refractivity contribution < 1.29 is 19.1 Å². The van der Waals surface area contributed by atoms with Crippen molar-refractivity contribution in [2.45, 2.75) is 37.8 Å². The molecule has 2 amide bonds. The summed E-state index contributed by atoms with van der Waals surface area (Å²) in [6.45, 7) is 1.71.